The Morgan fingerprint density at radius 3 is 2.48 bits per heavy atom. The lowest BCUT2D eigenvalue weighted by Crippen LogP contribution is -2.43. The Morgan fingerprint density at radius 1 is 1.26 bits per heavy atom. The molecular formula is C21H37IN4O. The number of hydrogen-bond acceptors (Lipinski definition) is 2. The van der Waals surface area contributed by atoms with E-state index in [4.69, 9.17) is 0 Å². The van der Waals surface area contributed by atoms with Crippen LogP contribution < -0.4 is 10.6 Å². The molecule has 0 fully saturated rings. The van der Waals surface area contributed by atoms with Gasteiger partial charge >= 0.3 is 0 Å². The minimum atomic E-state index is 0. The minimum absolute atomic E-state index is 0. The van der Waals surface area contributed by atoms with Crippen LogP contribution >= 0.6 is 24.0 Å². The summed E-state index contributed by atoms with van der Waals surface area (Å²) in [5, 5.41) is 6.81. The number of carbonyl (C=O) groups is 1. The van der Waals surface area contributed by atoms with Crippen LogP contribution in [-0.2, 0) is 6.42 Å². The van der Waals surface area contributed by atoms with Crippen LogP contribution in [0.5, 0.6) is 0 Å². The third kappa shape index (κ3) is 10.6. The van der Waals surface area contributed by atoms with Crippen molar-refractivity contribution in [2.75, 3.05) is 27.7 Å². The van der Waals surface area contributed by atoms with Crippen LogP contribution in [-0.4, -0.2) is 50.5 Å². The zero-order valence-electron chi connectivity index (χ0n) is 17.9. The van der Waals surface area contributed by atoms with Gasteiger partial charge in [0.1, 0.15) is 0 Å². The molecule has 0 saturated carbocycles. The molecule has 1 aromatic carbocycles. The van der Waals surface area contributed by atoms with Crippen LogP contribution in [0.2, 0.25) is 0 Å². The number of benzene rings is 1. The number of carbonyl (C=O) groups excluding carboxylic acids is 1. The topological polar surface area (TPSA) is 56.7 Å². The largest absolute Gasteiger partial charge is 0.356 e. The molecule has 0 spiro atoms. The van der Waals surface area contributed by atoms with E-state index in [1.54, 1.807) is 26.0 Å². The first-order chi connectivity index (χ1) is 12.1. The van der Waals surface area contributed by atoms with Gasteiger partial charge in [-0.15, -0.1) is 24.0 Å². The second-order valence-corrected chi connectivity index (χ2v) is 8.29. The summed E-state index contributed by atoms with van der Waals surface area (Å²) < 4.78 is 0. The molecular weight excluding hydrogens is 451 g/mol. The van der Waals surface area contributed by atoms with E-state index in [-0.39, 0.29) is 29.9 Å². The zero-order valence-corrected chi connectivity index (χ0v) is 20.3. The fraction of sp³-hybridized carbons (Fsp3) is 0.619. The van der Waals surface area contributed by atoms with Gasteiger partial charge in [-0.05, 0) is 49.3 Å². The molecule has 0 aromatic heterocycles. The monoisotopic (exact) mass is 488 g/mol. The van der Waals surface area contributed by atoms with Crippen molar-refractivity contribution in [2.45, 2.75) is 53.0 Å². The van der Waals surface area contributed by atoms with E-state index in [9.17, 15) is 4.79 Å². The molecule has 154 valence electrons. The van der Waals surface area contributed by atoms with Crippen LogP contribution in [0.25, 0.3) is 0 Å². The first-order valence-electron chi connectivity index (χ1n) is 9.40. The molecule has 5 nitrogen and oxygen atoms in total. The Kier molecular flexibility index (Phi) is 11.6. The van der Waals surface area contributed by atoms with Gasteiger partial charge in [-0.25, -0.2) is 0 Å². The number of nitrogens with zero attached hydrogens (tertiary/aromatic N) is 2. The summed E-state index contributed by atoms with van der Waals surface area (Å²) in [6, 6.07) is 8.19. The van der Waals surface area contributed by atoms with Crippen molar-refractivity contribution in [3.05, 3.63) is 35.4 Å². The average molecular weight is 488 g/mol. The van der Waals surface area contributed by atoms with Gasteiger partial charge in [0.15, 0.2) is 5.96 Å². The molecule has 0 aliphatic carbocycles. The van der Waals surface area contributed by atoms with Crippen molar-refractivity contribution in [1.82, 2.24) is 15.5 Å². The smallest absolute Gasteiger partial charge is 0.253 e. The Bertz CT molecular complexity index is 608. The highest BCUT2D eigenvalue weighted by Crippen LogP contribution is 2.21. The lowest BCUT2D eigenvalue weighted by Gasteiger charge is -2.23. The molecule has 27 heavy (non-hydrogen) atoms. The van der Waals surface area contributed by atoms with E-state index in [0.717, 1.165) is 36.5 Å². The molecule has 1 unspecified atom stereocenters. The maximum Gasteiger partial charge on any atom is 0.253 e. The fourth-order valence-corrected chi connectivity index (χ4v) is 2.59. The van der Waals surface area contributed by atoms with E-state index in [1.807, 2.05) is 18.2 Å². The minimum Gasteiger partial charge on any atom is -0.356 e. The van der Waals surface area contributed by atoms with Gasteiger partial charge in [0.25, 0.3) is 5.91 Å². The summed E-state index contributed by atoms with van der Waals surface area (Å²) in [4.78, 5) is 18.0. The van der Waals surface area contributed by atoms with Crippen molar-refractivity contribution >= 4 is 35.8 Å². The quantitative estimate of drug-likeness (QED) is 0.348. The summed E-state index contributed by atoms with van der Waals surface area (Å²) in [6.45, 7) is 9.76. The molecule has 0 aliphatic heterocycles. The van der Waals surface area contributed by atoms with Gasteiger partial charge in [-0.2, -0.15) is 0 Å². The summed E-state index contributed by atoms with van der Waals surface area (Å²) >= 11 is 0. The molecule has 0 aliphatic rings. The second-order valence-electron chi connectivity index (χ2n) is 8.29. The van der Waals surface area contributed by atoms with Gasteiger partial charge in [0.05, 0.1) is 0 Å². The lowest BCUT2D eigenvalue weighted by molar-refractivity contribution is 0.0827. The number of guanidine groups is 1. The van der Waals surface area contributed by atoms with Crippen molar-refractivity contribution in [3.8, 4) is 0 Å². The van der Waals surface area contributed by atoms with Gasteiger partial charge in [0, 0.05) is 39.3 Å². The third-order valence-electron chi connectivity index (χ3n) is 4.22. The molecule has 1 atom stereocenters. The number of nitrogens with one attached hydrogen (secondary N) is 2. The van der Waals surface area contributed by atoms with E-state index < -0.39 is 0 Å². The highest BCUT2D eigenvalue weighted by molar-refractivity contribution is 14.0. The predicted octanol–water partition coefficient (Wildman–Crippen LogP) is 3.93. The molecule has 1 aromatic rings. The first kappa shape index (κ1) is 25.7. The lowest BCUT2D eigenvalue weighted by atomic mass is 9.89. The second kappa shape index (κ2) is 12.2. The normalized spacial score (nSPS) is 12.8. The van der Waals surface area contributed by atoms with Crippen molar-refractivity contribution in [1.29, 1.82) is 0 Å². The Balaban J connectivity index is 0.00000676. The number of hydrogen-bond donors (Lipinski definition) is 2. The van der Waals surface area contributed by atoms with E-state index in [0.29, 0.717) is 11.5 Å². The maximum absolute atomic E-state index is 12.1. The molecule has 0 bridgehead atoms. The zero-order chi connectivity index (χ0) is 19.7. The van der Waals surface area contributed by atoms with Gasteiger partial charge in [-0.3, -0.25) is 9.79 Å². The van der Waals surface area contributed by atoms with Crippen LogP contribution in [0.4, 0.5) is 0 Å². The Labute approximate surface area is 182 Å². The summed E-state index contributed by atoms with van der Waals surface area (Å²) in [7, 11) is 5.34. The number of amides is 1. The highest BCUT2D eigenvalue weighted by Gasteiger charge is 2.13. The third-order valence-corrected chi connectivity index (χ3v) is 4.22. The number of rotatable bonds is 7. The summed E-state index contributed by atoms with van der Waals surface area (Å²) in [5.41, 5.74) is 2.22. The standard InChI is InChI=1S/C21H36N4O.HI/c1-16(11-13-21(2,3)4)24-20(22-5)23-14-12-17-9-8-10-18(15-17)19(26)25(6)7;/h8-10,15-16H,11-14H2,1-7H3,(H2,22,23,24);1H. The molecule has 6 heteroatoms. The van der Waals surface area contributed by atoms with Gasteiger partial charge < -0.3 is 15.5 Å². The summed E-state index contributed by atoms with van der Waals surface area (Å²) in [6.07, 6.45) is 3.12. The SMILES string of the molecule is CN=C(NCCc1cccc(C(=O)N(C)C)c1)NC(C)CCC(C)(C)C.I. The molecule has 1 rings (SSSR count). The Morgan fingerprint density at radius 2 is 1.93 bits per heavy atom. The summed E-state index contributed by atoms with van der Waals surface area (Å²) in [5.74, 6) is 0.858. The van der Waals surface area contributed by atoms with Crippen molar-refractivity contribution in [2.24, 2.45) is 10.4 Å². The fourth-order valence-electron chi connectivity index (χ4n) is 2.59. The van der Waals surface area contributed by atoms with E-state index >= 15 is 0 Å². The Hall–Kier alpha value is -1.31. The van der Waals surface area contributed by atoms with Crippen LogP contribution in [0.15, 0.2) is 29.3 Å². The molecule has 0 saturated heterocycles. The van der Waals surface area contributed by atoms with Crippen molar-refractivity contribution in [3.63, 3.8) is 0 Å². The first-order valence-corrected chi connectivity index (χ1v) is 9.40. The van der Waals surface area contributed by atoms with Crippen LogP contribution in [0.1, 0.15) is 56.5 Å². The van der Waals surface area contributed by atoms with Crippen molar-refractivity contribution < 1.29 is 4.79 Å². The number of halogens is 1. The van der Waals surface area contributed by atoms with Crippen LogP contribution in [0.3, 0.4) is 0 Å². The highest BCUT2D eigenvalue weighted by atomic mass is 127. The average Bonchev–Trinajstić information content (AvgIpc) is 2.58. The van der Waals surface area contributed by atoms with Crippen LogP contribution in [0, 0.1) is 5.41 Å². The molecule has 1 amide bonds. The van der Waals surface area contributed by atoms with E-state index in [1.165, 1.54) is 6.42 Å². The molecule has 0 heterocycles. The molecule has 0 radical (unpaired) electrons. The molecule has 2 N–H and O–H groups in total. The predicted molar refractivity (Wildman–Crippen MR) is 126 cm³/mol. The van der Waals surface area contributed by atoms with E-state index in [2.05, 4.69) is 49.4 Å². The number of aliphatic imine (C=N–C) groups is 1. The van der Waals surface area contributed by atoms with Gasteiger partial charge in [0.2, 0.25) is 0 Å². The maximum atomic E-state index is 12.1. The van der Waals surface area contributed by atoms with Gasteiger partial charge in [-0.1, -0.05) is 32.9 Å².